The number of benzene rings is 1. The number of rotatable bonds is 5. The summed E-state index contributed by atoms with van der Waals surface area (Å²) in [5, 5.41) is 3.77. The zero-order valence-corrected chi connectivity index (χ0v) is 20.5. The quantitative estimate of drug-likeness (QED) is 0.601. The molecule has 9 nitrogen and oxygen atoms in total. The fourth-order valence-corrected chi connectivity index (χ4v) is 4.58. The molecule has 2 aliphatic rings. The van der Waals surface area contributed by atoms with Gasteiger partial charge in [0, 0.05) is 32.1 Å². The van der Waals surface area contributed by atoms with Crippen LogP contribution in [-0.2, 0) is 20.8 Å². The third-order valence-electron chi connectivity index (χ3n) is 6.58. The van der Waals surface area contributed by atoms with Gasteiger partial charge in [0.2, 0.25) is 11.9 Å². The summed E-state index contributed by atoms with van der Waals surface area (Å²) in [7, 11) is 0. The maximum Gasteiger partial charge on any atom is 0.229 e. The number of morpholine rings is 2. The molecule has 0 radical (unpaired) electrons. The molecule has 2 saturated heterocycles. The lowest BCUT2D eigenvalue weighted by Crippen LogP contribution is -2.46. The summed E-state index contributed by atoms with van der Waals surface area (Å²) in [5.74, 6) is 1.56. The minimum Gasteiger partial charge on any atom is -0.377 e. The lowest BCUT2D eigenvalue weighted by Gasteiger charge is -2.37. The molecular formula is C26H32N6O3. The molecule has 1 amide bonds. The van der Waals surface area contributed by atoms with Crippen molar-refractivity contribution in [1.82, 2.24) is 20.3 Å². The first-order valence-corrected chi connectivity index (χ1v) is 12.2. The standard InChI is InChI=1S/C26H32N6O3/c1-17-15-34-12-10-31(17)25-22-8-9-23(21-6-4-20(5-7-21)14-27-19(3)33)28-24(22)29-26(30-25)32-11-13-35-16-18(32)2/h4-9,17-18H,10-16H2,1-3H3,(H,27,33)/t17-,18+/m0/s1. The van der Waals surface area contributed by atoms with Crippen LogP contribution in [0.3, 0.4) is 0 Å². The van der Waals surface area contributed by atoms with Crippen LogP contribution in [-0.4, -0.2) is 72.5 Å². The van der Waals surface area contributed by atoms with Crippen molar-refractivity contribution in [2.24, 2.45) is 0 Å². The highest BCUT2D eigenvalue weighted by Crippen LogP contribution is 2.31. The fraction of sp³-hybridized carbons (Fsp3) is 0.462. The number of ether oxygens (including phenoxy) is 2. The van der Waals surface area contributed by atoms with Crippen LogP contribution in [0, 0.1) is 0 Å². The number of hydrogen-bond acceptors (Lipinski definition) is 8. The van der Waals surface area contributed by atoms with Gasteiger partial charge in [-0.25, -0.2) is 4.98 Å². The summed E-state index contributed by atoms with van der Waals surface area (Å²) in [5.41, 5.74) is 3.57. The smallest absolute Gasteiger partial charge is 0.229 e. The van der Waals surface area contributed by atoms with Crippen LogP contribution < -0.4 is 15.1 Å². The molecule has 2 atom stereocenters. The SMILES string of the molecule is CC(=O)NCc1ccc(-c2ccc3c(N4CCOC[C@@H]4C)nc(N4CCOC[C@H]4C)nc3n2)cc1. The Morgan fingerprint density at radius 2 is 1.63 bits per heavy atom. The number of carbonyl (C=O) groups is 1. The van der Waals surface area contributed by atoms with E-state index in [1.807, 2.05) is 30.3 Å². The summed E-state index contributed by atoms with van der Waals surface area (Å²) in [4.78, 5) is 30.7. The molecule has 9 heteroatoms. The van der Waals surface area contributed by atoms with Crippen molar-refractivity contribution in [3.8, 4) is 11.3 Å². The van der Waals surface area contributed by atoms with E-state index in [9.17, 15) is 4.79 Å². The zero-order valence-electron chi connectivity index (χ0n) is 20.5. The second-order valence-electron chi connectivity index (χ2n) is 9.26. The number of carbonyl (C=O) groups excluding carboxylic acids is 1. The maximum absolute atomic E-state index is 11.2. The Hall–Kier alpha value is -3.30. The molecule has 0 saturated carbocycles. The number of pyridine rings is 1. The minimum atomic E-state index is -0.0410. The summed E-state index contributed by atoms with van der Waals surface area (Å²) < 4.78 is 11.3. The average molecular weight is 477 g/mol. The third kappa shape index (κ3) is 5.06. The number of aromatic nitrogens is 3. The monoisotopic (exact) mass is 476 g/mol. The number of fused-ring (bicyclic) bond motifs is 1. The third-order valence-corrected chi connectivity index (χ3v) is 6.58. The number of nitrogens with zero attached hydrogens (tertiary/aromatic N) is 5. The summed E-state index contributed by atoms with van der Waals surface area (Å²) in [6, 6.07) is 12.6. The molecule has 4 heterocycles. The van der Waals surface area contributed by atoms with E-state index >= 15 is 0 Å². The van der Waals surface area contributed by atoms with Gasteiger partial charge in [0.05, 0.1) is 49.6 Å². The van der Waals surface area contributed by atoms with Gasteiger partial charge in [-0.2, -0.15) is 9.97 Å². The normalized spacial score (nSPS) is 20.8. The van der Waals surface area contributed by atoms with Gasteiger partial charge in [-0.15, -0.1) is 0 Å². The summed E-state index contributed by atoms with van der Waals surface area (Å²) in [6.45, 7) is 10.5. The lowest BCUT2D eigenvalue weighted by molar-refractivity contribution is -0.119. The Balaban J connectivity index is 1.54. The Labute approximate surface area is 205 Å². The Bertz CT molecular complexity index is 1200. The van der Waals surface area contributed by atoms with E-state index in [-0.39, 0.29) is 18.0 Å². The molecule has 35 heavy (non-hydrogen) atoms. The second-order valence-corrected chi connectivity index (χ2v) is 9.26. The highest BCUT2D eigenvalue weighted by molar-refractivity contribution is 5.90. The first-order valence-electron chi connectivity index (χ1n) is 12.2. The number of anilines is 2. The maximum atomic E-state index is 11.2. The van der Waals surface area contributed by atoms with Crippen LogP contribution in [0.1, 0.15) is 26.3 Å². The molecule has 0 aliphatic carbocycles. The highest BCUT2D eigenvalue weighted by atomic mass is 16.5. The molecule has 0 unspecified atom stereocenters. The van der Waals surface area contributed by atoms with Crippen LogP contribution in [0.15, 0.2) is 36.4 Å². The van der Waals surface area contributed by atoms with Crippen molar-refractivity contribution in [2.75, 3.05) is 49.3 Å². The summed E-state index contributed by atoms with van der Waals surface area (Å²) >= 11 is 0. The largest absolute Gasteiger partial charge is 0.377 e. The van der Waals surface area contributed by atoms with E-state index in [0.29, 0.717) is 44.6 Å². The minimum absolute atomic E-state index is 0.0410. The molecule has 0 spiro atoms. The van der Waals surface area contributed by atoms with Gasteiger partial charge in [0.25, 0.3) is 0 Å². The number of hydrogen-bond donors (Lipinski definition) is 1. The van der Waals surface area contributed by atoms with Crippen LogP contribution in [0.25, 0.3) is 22.3 Å². The van der Waals surface area contributed by atoms with E-state index in [2.05, 4.69) is 35.0 Å². The predicted octanol–water partition coefficient (Wildman–Crippen LogP) is 2.78. The van der Waals surface area contributed by atoms with Crippen molar-refractivity contribution < 1.29 is 14.3 Å². The molecule has 0 bridgehead atoms. The molecule has 3 aromatic rings. The first kappa shape index (κ1) is 23.4. The highest BCUT2D eigenvalue weighted by Gasteiger charge is 2.27. The van der Waals surface area contributed by atoms with E-state index < -0.39 is 0 Å². The molecule has 2 fully saturated rings. The van der Waals surface area contributed by atoms with Crippen molar-refractivity contribution >= 4 is 28.7 Å². The second kappa shape index (κ2) is 10.1. The van der Waals surface area contributed by atoms with E-state index in [1.165, 1.54) is 6.92 Å². The topological polar surface area (TPSA) is 92.7 Å². The van der Waals surface area contributed by atoms with E-state index in [1.54, 1.807) is 0 Å². The zero-order chi connectivity index (χ0) is 24.4. The first-order chi connectivity index (χ1) is 17.0. The van der Waals surface area contributed by atoms with Crippen LogP contribution in [0.4, 0.5) is 11.8 Å². The van der Waals surface area contributed by atoms with Gasteiger partial charge in [-0.05, 0) is 31.5 Å². The number of amides is 1. The van der Waals surface area contributed by atoms with Gasteiger partial charge in [0.15, 0.2) is 5.65 Å². The molecule has 2 aromatic heterocycles. The van der Waals surface area contributed by atoms with Crippen molar-refractivity contribution in [1.29, 1.82) is 0 Å². The Morgan fingerprint density at radius 1 is 0.943 bits per heavy atom. The van der Waals surface area contributed by atoms with Gasteiger partial charge in [-0.3, -0.25) is 4.79 Å². The van der Waals surface area contributed by atoms with Gasteiger partial charge in [0.1, 0.15) is 5.82 Å². The van der Waals surface area contributed by atoms with Gasteiger partial charge >= 0.3 is 0 Å². The van der Waals surface area contributed by atoms with Crippen molar-refractivity contribution in [2.45, 2.75) is 39.4 Å². The summed E-state index contributed by atoms with van der Waals surface area (Å²) in [6.07, 6.45) is 0. The van der Waals surface area contributed by atoms with Crippen molar-refractivity contribution in [3.05, 3.63) is 42.0 Å². The van der Waals surface area contributed by atoms with Crippen LogP contribution in [0.5, 0.6) is 0 Å². The van der Waals surface area contributed by atoms with Gasteiger partial charge < -0.3 is 24.6 Å². The van der Waals surface area contributed by atoms with E-state index in [4.69, 9.17) is 24.4 Å². The average Bonchev–Trinajstić information content (AvgIpc) is 2.87. The number of nitrogens with one attached hydrogen (secondary N) is 1. The Morgan fingerprint density at radius 3 is 2.29 bits per heavy atom. The predicted molar refractivity (Wildman–Crippen MR) is 136 cm³/mol. The molecule has 184 valence electrons. The van der Waals surface area contributed by atoms with Crippen LogP contribution in [0.2, 0.25) is 0 Å². The fourth-order valence-electron chi connectivity index (χ4n) is 4.58. The molecular weight excluding hydrogens is 444 g/mol. The molecule has 1 N–H and O–H groups in total. The molecule has 2 aliphatic heterocycles. The van der Waals surface area contributed by atoms with E-state index in [0.717, 1.165) is 41.1 Å². The van der Waals surface area contributed by atoms with Crippen LogP contribution >= 0.6 is 0 Å². The van der Waals surface area contributed by atoms with Crippen molar-refractivity contribution in [3.63, 3.8) is 0 Å². The molecule has 5 rings (SSSR count). The van der Waals surface area contributed by atoms with Gasteiger partial charge in [-0.1, -0.05) is 24.3 Å². The molecule has 1 aromatic carbocycles. The lowest BCUT2D eigenvalue weighted by atomic mass is 10.1. The Kier molecular flexibility index (Phi) is 6.79.